The van der Waals surface area contributed by atoms with Crippen molar-refractivity contribution in [3.8, 4) is 0 Å². The van der Waals surface area contributed by atoms with Crippen LogP contribution in [0.5, 0.6) is 0 Å². The highest BCUT2D eigenvalue weighted by Crippen LogP contribution is 2.48. The van der Waals surface area contributed by atoms with Gasteiger partial charge in [0.25, 0.3) is 0 Å². The molecule has 2 rings (SSSR count). The molecule has 1 aliphatic carbocycles. The lowest BCUT2D eigenvalue weighted by atomic mass is 10.1. The number of hydrogen-bond donors (Lipinski definition) is 0. The number of carbonyl (C=O) groups is 1. The van der Waals surface area contributed by atoms with Crippen LogP contribution in [0.3, 0.4) is 0 Å². The molecule has 1 aromatic rings. The molecule has 1 unspecified atom stereocenters. The third kappa shape index (κ3) is 2.46. The molecule has 0 bridgehead atoms. The van der Waals surface area contributed by atoms with Crippen molar-refractivity contribution in [1.29, 1.82) is 0 Å². The fourth-order valence-corrected chi connectivity index (χ4v) is 1.78. The molecular weight excluding hydrogens is 188 g/mol. The molecule has 0 radical (unpaired) electrons. The van der Waals surface area contributed by atoms with Gasteiger partial charge in [-0.3, -0.25) is 0 Å². The molecule has 1 saturated carbocycles. The molecule has 0 aliphatic heterocycles. The number of esters is 1. The Kier molecular flexibility index (Phi) is 2.86. The average molecular weight is 202 g/mol. The van der Waals surface area contributed by atoms with E-state index in [9.17, 15) is 4.79 Å². The Morgan fingerprint density at radius 2 is 2.13 bits per heavy atom. The minimum atomic E-state index is -0.270. The summed E-state index contributed by atoms with van der Waals surface area (Å²) in [5, 5.41) is 0. The number of ether oxygens (including phenoxy) is 1. The minimum Gasteiger partial charge on any atom is -0.466 e. The highest BCUT2D eigenvalue weighted by molar-refractivity contribution is 5.81. The first kappa shape index (κ1) is 9.97. The molecule has 0 saturated heterocycles. The highest BCUT2D eigenvalue weighted by Gasteiger charge is 2.35. The van der Waals surface area contributed by atoms with Gasteiger partial charge in [0, 0.05) is 6.08 Å². The van der Waals surface area contributed by atoms with Crippen LogP contribution in [0.4, 0.5) is 0 Å². The van der Waals surface area contributed by atoms with Crippen molar-refractivity contribution in [3.05, 3.63) is 48.0 Å². The molecular formula is C13H14O2. The number of hydrogen-bond acceptors (Lipinski definition) is 2. The summed E-state index contributed by atoms with van der Waals surface area (Å²) in [6, 6.07) is 10.4. The van der Waals surface area contributed by atoms with Crippen LogP contribution < -0.4 is 0 Å². The van der Waals surface area contributed by atoms with E-state index in [4.69, 9.17) is 0 Å². The maximum atomic E-state index is 10.9. The summed E-state index contributed by atoms with van der Waals surface area (Å²) in [5.74, 6) is 0.826. The molecule has 2 heteroatoms. The van der Waals surface area contributed by atoms with E-state index in [-0.39, 0.29) is 5.97 Å². The van der Waals surface area contributed by atoms with E-state index in [1.54, 1.807) is 0 Å². The largest absolute Gasteiger partial charge is 0.466 e. The summed E-state index contributed by atoms with van der Waals surface area (Å²) in [4.78, 5) is 10.9. The van der Waals surface area contributed by atoms with Gasteiger partial charge >= 0.3 is 5.97 Å². The van der Waals surface area contributed by atoms with Gasteiger partial charge in [0.1, 0.15) is 0 Å². The van der Waals surface area contributed by atoms with Crippen molar-refractivity contribution >= 4 is 5.97 Å². The summed E-state index contributed by atoms with van der Waals surface area (Å²) in [6.07, 6.45) is 4.61. The Morgan fingerprint density at radius 1 is 1.40 bits per heavy atom. The second-order valence-electron chi connectivity index (χ2n) is 3.80. The van der Waals surface area contributed by atoms with Crippen molar-refractivity contribution in [2.75, 3.05) is 7.11 Å². The molecule has 1 aliphatic rings. The predicted octanol–water partition coefficient (Wildman–Crippen LogP) is 2.52. The fraction of sp³-hybridized carbons (Fsp3) is 0.308. The van der Waals surface area contributed by atoms with Gasteiger partial charge in [0.2, 0.25) is 0 Å². The van der Waals surface area contributed by atoms with Gasteiger partial charge in [-0.15, -0.1) is 0 Å². The molecule has 0 heterocycles. The van der Waals surface area contributed by atoms with E-state index in [0.29, 0.717) is 11.8 Å². The van der Waals surface area contributed by atoms with Gasteiger partial charge in [0.05, 0.1) is 7.11 Å². The van der Waals surface area contributed by atoms with Gasteiger partial charge in [-0.05, 0) is 23.8 Å². The number of carbonyl (C=O) groups excluding carboxylic acids is 1. The Balaban J connectivity index is 1.92. The smallest absolute Gasteiger partial charge is 0.330 e. The number of allylic oxidation sites excluding steroid dienone is 1. The molecule has 0 aromatic heterocycles. The van der Waals surface area contributed by atoms with Crippen molar-refractivity contribution in [2.45, 2.75) is 12.3 Å². The lowest BCUT2D eigenvalue weighted by molar-refractivity contribution is -0.134. The maximum Gasteiger partial charge on any atom is 0.330 e. The lowest BCUT2D eigenvalue weighted by Crippen LogP contribution is -1.93. The maximum absolute atomic E-state index is 10.9. The second-order valence-corrected chi connectivity index (χ2v) is 3.80. The standard InChI is InChI=1S/C13H14O2/c1-15-13(14)8-7-11-9-12(11)10-5-3-2-4-6-10/h2-8,11-12H,9H2,1H3/b8-7+/t11?,12-/m1/s1. The van der Waals surface area contributed by atoms with Crippen LogP contribution in [0.25, 0.3) is 0 Å². The van der Waals surface area contributed by atoms with Crippen LogP contribution in [0.2, 0.25) is 0 Å². The van der Waals surface area contributed by atoms with E-state index in [1.165, 1.54) is 18.7 Å². The van der Waals surface area contributed by atoms with Gasteiger partial charge in [0.15, 0.2) is 0 Å². The van der Waals surface area contributed by atoms with Crippen LogP contribution >= 0.6 is 0 Å². The van der Waals surface area contributed by atoms with E-state index < -0.39 is 0 Å². The normalized spacial score (nSPS) is 24.1. The monoisotopic (exact) mass is 202 g/mol. The molecule has 2 nitrogen and oxygen atoms in total. The van der Waals surface area contributed by atoms with Crippen LogP contribution in [-0.4, -0.2) is 13.1 Å². The summed E-state index contributed by atoms with van der Waals surface area (Å²) in [6.45, 7) is 0. The molecule has 1 fully saturated rings. The zero-order valence-electron chi connectivity index (χ0n) is 8.72. The number of methoxy groups -OCH3 is 1. The molecule has 2 atom stereocenters. The molecule has 78 valence electrons. The third-order valence-electron chi connectivity index (χ3n) is 2.75. The van der Waals surface area contributed by atoms with Crippen molar-refractivity contribution < 1.29 is 9.53 Å². The first-order chi connectivity index (χ1) is 7.31. The first-order valence-corrected chi connectivity index (χ1v) is 5.12. The highest BCUT2D eigenvalue weighted by atomic mass is 16.5. The van der Waals surface area contributed by atoms with Crippen LogP contribution in [0.1, 0.15) is 17.9 Å². The molecule has 0 amide bonds. The molecule has 0 N–H and O–H groups in total. The van der Waals surface area contributed by atoms with E-state index in [2.05, 4.69) is 29.0 Å². The number of rotatable bonds is 3. The topological polar surface area (TPSA) is 26.3 Å². The predicted molar refractivity (Wildman–Crippen MR) is 58.4 cm³/mol. The summed E-state index contributed by atoms with van der Waals surface area (Å²) >= 11 is 0. The Bertz CT molecular complexity index is 367. The Labute approximate surface area is 89.6 Å². The quantitative estimate of drug-likeness (QED) is 0.556. The van der Waals surface area contributed by atoms with E-state index in [1.807, 2.05) is 12.1 Å². The second kappa shape index (κ2) is 4.30. The number of benzene rings is 1. The molecule has 15 heavy (non-hydrogen) atoms. The van der Waals surface area contributed by atoms with Gasteiger partial charge in [-0.25, -0.2) is 4.79 Å². The molecule has 0 spiro atoms. The van der Waals surface area contributed by atoms with E-state index >= 15 is 0 Å². The van der Waals surface area contributed by atoms with Crippen molar-refractivity contribution in [2.24, 2.45) is 5.92 Å². The lowest BCUT2D eigenvalue weighted by Gasteiger charge is -1.96. The van der Waals surface area contributed by atoms with E-state index in [0.717, 1.165) is 6.42 Å². The van der Waals surface area contributed by atoms with Crippen LogP contribution in [0.15, 0.2) is 42.5 Å². The average Bonchev–Trinajstić information content (AvgIpc) is 3.06. The molecule has 1 aromatic carbocycles. The van der Waals surface area contributed by atoms with Crippen molar-refractivity contribution in [3.63, 3.8) is 0 Å². The van der Waals surface area contributed by atoms with Crippen molar-refractivity contribution in [1.82, 2.24) is 0 Å². The van der Waals surface area contributed by atoms with Gasteiger partial charge < -0.3 is 4.74 Å². The zero-order chi connectivity index (χ0) is 10.7. The van der Waals surface area contributed by atoms with Crippen LogP contribution in [-0.2, 0) is 9.53 Å². The summed E-state index contributed by atoms with van der Waals surface area (Å²) in [7, 11) is 1.40. The third-order valence-corrected chi connectivity index (χ3v) is 2.75. The SMILES string of the molecule is COC(=O)/C=C/C1C[C@@H]1c1ccccc1. The summed E-state index contributed by atoms with van der Waals surface area (Å²) < 4.78 is 4.54. The first-order valence-electron chi connectivity index (χ1n) is 5.12. The Morgan fingerprint density at radius 3 is 2.80 bits per heavy atom. The zero-order valence-corrected chi connectivity index (χ0v) is 8.72. The van der Waals surface area contributed by atoms with Crippen LogP contribution in [0, 0.1) is 5.92 Å². The Hall–Kier alpha value is -1.57. The minimum absolute atomic E-state index is 0.270. The fourth-order valence-electron chi connectivity index (χ4n) is 1.78. The van der Waals surface area contributed by atoms with Gasteiger partial charge in [-0.2, -0.15) is 0 Å². The van der Waals surface area contributed by atoms with Gasteiger partial charge in [-0.1, -0.05) is 36.4 Å². The summed E-state index contributed by atoms with van der Waals surface area (Å²) in [5.41, 5.74) is 1.36.